The summed E-state index contributed by atoms with van der Waals surface area (Å²) in [5.74, 6) is 0.665. The van der Waals surface area contributed by atoms with Gasteiger partial charge in [0, 0.05) is 19.4 Å². The highest BCUT2D eigenvalue weighted by atomic mass is 127. The molecule has 70 valence electrons. The van der Waals surface area contributed by atoms with Crippen LogP contribution in [-0.2, 0) is 4.74 Å². The summed E-state index contributed by atoms with van der Waals surface area (Å²) in [6, 6.07) is 4.26. The first-order valence-corrected chi connectivity index (χ1v) is 5.63. The summed E-state index contributed by atoms with van der Waals surface area (Å²) < 4.78 is 6.39. The number of aromatic nitrogens is 1. The van der Waals surface area contributed by atoms with E-state index in [1.807, 2.05) is 6.20 Å². The predicted octanol–water partition coefficient (Wildman–Crippen LogP) is 2.58. The Morgan fingerprint density at radius 1 is 1.31 bits per heavy atom. The molecule has 0 atom stereocenters. The number of pyridine rings is 1. The lowest BCUT2D eigenvalue weighted by Gasteiger charge is -2.21. The van der Waals surface area contributed by atoms with Gasteiger partial charge in [-0.05, 0) is 53.0 Å². The lowest BCUT2D eigenvalue weighted by atomic mass is 9.93. The number of hydrogen-bond donors (Lipinski definition) is 0. The van der Waals surface area contributed by atoms with E-state index in [0.29, 0.717) is 5.92 Å². The third-order valence-electron chi connectivity index (χ3n) is 2.44. The van der Waals surface area contributed by atoms with E-state index in [-0.39, 0.29) is 0 Å². The van der Waals surface area contributed by atoms with Crippen molar-refractivity contribution in [3.05, 3.63) is 27.6 Å². The van der Waals surface area contributed by atoms with E-state index < -0.39 is 0 Å². The minimum atomic E-state index is 0.665. The Kier molecular flexibility index (Phi) is 3.16. The van der Waals surface area contributed by atoms with Gasteiger partial charge < -0.3 is 4.74 Å². The summed E-state index contributed by atoms with van der Waals surface area (Å²) in [6.07, 6.45) is 4.28. The largest absolute Gasteiger partial charge is 0.381 e. The smallest absolute Gasteiger partial charge is 0.101 e. The van der Waals surface area contributed by atoms with Crippen LogP contribution in [-0.4, -0.2) is 18.2 Å². The molecule has 1 saturated heterocycles. The number of halogens is 1. The molecular formula is C10H12INO. The van der Waals surface area contributed by atoms with Crippen molar-refractivity contribution in [3.8, 4) is 0 Å². The zero-order valence-corrected chi connectivity index (χ0v) is 9.53. The quantitative estimate of drug-likeness (QED) is 0.585. The Hall–Kier alpha value is -0.160. The van der Waals surface area contributed by atoms with Crippen LogP contribution in [0.25, 0.3) is 0 Å². The molecule has 1 fully saturated rings. The van der Waals surface area contributed by atoms with E-state index >= 15 is 0 Å². The third kappa shape index (κ3) is 2.40. The van der Waals surface area contributed by atoms with E-state index in [1.54, 1.807) is 0 Å². The zero-order chi connectivity index (χ0) is 9.10. The maximum Gasteiger partial charge on any atom is 0.101 e. The Labute approximate surface area is 91.8 Å². The van der Waals surface area contributed by atoms with Crippen LogP contribution in [0.3, 0.4) is 0 Å². The van der Waals surface area contributed by atoms with Gasteiger partial charge in [-0.15, -0.1) is 0 Å². The van der Waals surface area contributed by atoms with Gasteiger partial charge >= 0.3 is 0 Å². The SMILES string of the molecule is Ic1ccc(C2CCOCC2)cn1. The summed E-state index contributed by atoms with van der Waals surface area (Å²) in [4.78, 5) is 4.30. The molecule has 2 heterocycles. The highest BCUT2D eigenvalue weighted by molar-refractivity contribution is 14.1. The van der Waals surface area contributed by atoms with Crippen LogP contribution >= 0.6 is 22.6 Å². The first-order chi connectivity index (χ1) is 6.36. The third-order valence-corrected chi connectivity index (χ3v) is 3.08. The second-order valence-electron chi connectivity index (χ2n) is 3.30. The van der Waals surface area contributed by atoms with Crippen LogP contribution in [0, 0.1) is 3.70 Å². The molecule has 3 heteroatoms. The minimum Gasteiger partial charge on any atom is -0.381 e. The molecule has 0 radical (unpaired) electrons. The van der Waals surface area contributed by atoms with Gasteiger partial charge in [-0.3, -0.25) is 4.98 Å². The van der Waals surface area contributed by atoms with Gasteiger partial charge in [-0.1, -0.05) is 6.07 Å². The summed E-state index contributed by atoms with van der Waals surface area (Å²) in [5.41, 5.74) is 1.36. The van der Waals surface area contributed by atoms with Crippen molar-refractivity contribution in [1.82, 2.24) is 4.98 Å². The summed E-state index contributed by atoms with van der Waals surface area (Å²) in [6.45, 7) is 1.80. The molecule has 0 aliphatic carbocycles. The van der Waals surface area contributed by atoms with Crippen LogP contribution in [0.2, 0.25) is 0 Å². The molecule has 0 aromatic carbocycles. The molecule has 0 bridgehead atoms. The maximum absolute atomic E-state index is 5.32. The van der Waals surface area contributed by atoms with E-state index in [4.69, 9.17) is 4.74 Å². The number of rotatable bonds is 1. The first kappa shape index (κ1) is 9.40. The first-order valence-electron chi connectivity index (χ1n) is 4.55. The van der Waals surface area contributed by atoms with Gasteiger partial charge in [0.15, 0.2) is 0 Å². The molecule has 1 aliphatic heterocycles. The van der Waals surface area contributed by atoms with E-state index in [1.165, 1.54) is 5.56 Å². The summed E-state index contributed by atoms with van der Waals surface area (Å²) >= 11 is 2.23. The average Bonchev–Trinajstić information content (AvgIpc) is 2.20. The molecular weight excluding hydrogens is 277 g/mol. The fourth-order valence-corrected chi connectivity index (χ4v) is 1.98. The monoisotopic (exact) mass is 289 g/mol. The van der Waals surface area contributed by atoms with Crippen molar-refractivity contribution < 1.29 is 4.74 Å². The van der Waals surface area contributed by atoms with Gasteiger partial charge in [0.1, 0.15) is 3.70 Å². The molecule has 0 saturated carbocycles. The van der Waals surface area contributed by atoms with Crippen molar-refractivity contribution in [2.24, 2.45) is 0 Å². The van der Waals surface area contributed by atoms with Gasteiger partial charge in [0.2, 0.25) is 0 Å². The van der Waals surface area contributed by atoms with Crippen molar-refractivity contribution in [3.63, 3.8) is 0 Å². The molecule has 2 nitrogen and oxygen atoms in total. The van der Waals surface area contributed by atoms with E-state index in [9.17, 15) is 0 Å². The molecule has 1 aromatic heterocycles. The van der Waals surface area contributed by atoms with Crippen LogP contribution in [0.1, 0.15) is 24.3 Å². The molecule has 0 N–H and O–H groups in total. The molecule has 0 unspecified atom stereocenters. The van der Waals surface area contributed by atoms with Crippen LogP contribution in [0.5, 0.6) is 0 Å². The molecule has 0 amide bonds. The van der Waals surface area contributed by atoms with Crippen molar-refractivity contribution >= 4 is 22.6 Å². The lowest BCUT2D eigenvalue weighted by Crippen LogP contribution is -2.14. The van der Waals surface area contributed by atoms with Gasteiger partial charge in [-0.2, -0.15) is 0 Å². The second-order valence-corrected chi connectivity index (χ2v) is 4.41. The van der Waals surface area contributed by atoms with E-state index in [2.05, 4.69) is 39.7 Å². The molecule has 13 heavy (non-hydrogen) atoms. The van der Waals surface area contributed by atoms with Crippen molar-refractivity contribution in [2.45, 2.75) is 18.8 Å². The molecule has 1 aliphatic rings. The van der Waals surface area contributed by atoms with Gasteiger partial charge in [0.05, 0.1) is 0 Å². The maximum atomic E-state index is 5.32. The molecule has 0 spiro atoms. The lowest BCUT2D eigenvalue weighted by molar-refractivity contribution is 0.0852. The Bertz CT molecular complexity index is 267. The Morgan fingerprint density at radius 2 is 2.08 bits per heavy atom. The van der Waals surface area contributed by atoms with Crippen LogP contribution < -0.4 is 0 Å². The standard InChI is InChI=1S/C10H12INO/c11-10-2-1-9(7-12-10)8-3-5-13-6-4-8/h1-2,7-8H,3-6H2. The number of hydrogen-bond acceptors (Lipinski definition) is 2. The molecule has 2 rings (SSSR count). The fourth-order valence-electron chi connectivity index (χ4n) is 1.66. The highest BCUT2D eigenvalue weighted by Crippen LogP contribution is 2.26. The average molecular weight is 289 g/mol. The fraction of sp³-hybridized carbons (Fsp3) is 0.500. The Balaban J connectivity index is 2.10. The van der Waals surface area contributed by atoms with Crippen LogP contribution in [0.15, 0.2) is 18.3 Å². The number of ether oxygens (including phenoxy) is 1. The van der Waals surface area contributed by atoms with Crippen molar-refractivity contribution in [2.75, 3.05) is 13.2 Å². The summed E-state index contributed by atoms with van der Waals surface area (Å²) in [7, 11) is 0. The van der Waals surface area contributed by atoms with Crippen LogP contribution in [0.4, 0.5) is 0 Å². The van der Waals surface area contributed by atoms with Gasteiger partial charge in [-0.25, -0.2) is 0 Å². The molecule has 1 aromatic rings. The predicted molar refractivity (Wildman–Crippen MR) is 59.7 cm³/mol. The number of nitrogens with zero attached hydrogens (tertiary/aromatic N) is 1. The second kappa shape index (κ2) is 4.37. The summed E-state index contributed by atoms with van der Waals surface area (Å²) in [5, 5.41) is 0. The van der Waals surface area contributed by atoms with Gasteiger partial charge in [0.25, 0.3) is 0 Å². The Morgan fingerprint density at radius 3 is 2.69 bits per heavy atom. The van der Waals surface area contributed by atoms with E-state index in [0.717, 1.165) is 29.8 Å². The zero-order valence-electron chi connectivity index (χ0n) is 7.37. The minimum absolute atomic E-state index is 0.665. The topological polar surface area (TPSA) is 22.1 Å². The highest BCUT2D eigenvalue weighted by Gasteiger charge is 2.15. The normalized spacial score (nSPS) is 18.8. The van der Waals surface area contributed by atoms with Crippen molar-refractivity contribution in [1.29, 1.82) is 0 Å².